The Kier molecular flexibility index (Phi) is 38.1. The molecule has 12 aliphatic rings. The number of aromatic nitrogens is 4. The number of Topliss-reactive ketones (excluding diaryl/α,β-unsaturated/α-hetero) is 2. The third kappa shape index (κ3) is 28.7. The summed E-state index contributed by atoms with van der Waals surface area (Å²) in [4.78, 5) is 77.6. The van der Waals surface area contributed by atoms with Crippen molar-refractivity contribution in [1.82, 2.24) is 39.5 Å². The van der Waals surface area contributed by atoms with Gasteiger partial charge in [0.15, 0.2) is 11.6 Å². The first-order valence-electron chi connectivity index (χ1n) is 53.7. The smallest absolute Gasteiger partial charge is 0.325 e. The second-order valence-electron chi connectivity index (χ2n) is 40.7. The van der Waals surface area contributed by atoms with Crippen LogP contribution in [0.15, 0.2) is 121 Å². The van der Waals surface area contributed by atoms with E-state index in [1.807, 2.05) is 58.3 Å². The van der Waals surface area contributed by atoms with Crippen LogP contribution in [0.1, 0.15) is 283 Å². The van der Waals surface area contributed by atoms with Crippen LogP contribution in [0.25, 0.3) is 0 Å². The molecule has 30 heteroatoms. The van der Waals surface area contributed by atoms with Crippen molar-refractivity contribution >= 4 is 46.8 Å². The van der Waals surface area contributed by atoms with Gasteiger partial charge in [-0.3, -0.25) is 38.8 Å². The Balaban J connectivity index is 0.000000132. The lowest BCUT2D eigenvalue weighted by Crippen LogP contribution is -2.34. The molecule has 8 fully saturated rings. The van der Waals surface area contributed by atoms with Crippen LogP contribution in [0.3, 0.4) is 0 Å². The summed E-state index contributed by atoms with van der Waals surface area (Å²) in [5.74, 6) is 5.20. The number of ether oxygens (including phenoxy) is 10. The van der Waals surface area contributed by atoms with Gasteiger partial charge in [0, 0.05) is 175 Å². The van der Waals surface area contributed by atoms with E-state index < -0.39 is 35.7 Å². The molecule has 2 unspecified atom stereocenters. The molecule has 20 rings (SSSR count). The molecule has 6 N–H and O–H groups in total. The highest BCUT2D eigenvalue weighted by Crippen LogP contribution is 2.44. The molecule has 28 nitrogen and oxygen atoms in total. The lowest BCUT2D eigenvalue weighted by molar-refractivity contribution is -0.144. The number of carbonyl (C=O) groups is 4. The number of hydrogen-bond acceptors (Lipinski definition) is 26. The summed E-state index contributed by atoms with van der Waals surface area (Å²) >= 11 is 0. The number of para-hydroxylation sites is 2. The maximum atomic E-state index is 14.2. The number of benzene rings is 4. The van der Waals surface area contributed by atoms with Crippen LogP contribution in [-0.4, -0.2) is 242 Å². The van der Waals surface area contributed by atoms with Crippen LogP contribution in [0.5, 0.6) is 23.0 Å². The topological polar surface area (TPSA) is 314 Å². The number of nitrogens with zero attached hydrogens (tertiary/aromatic N) is 8. The standard InChI is InChI=1S/2C29H39N3O4.2C28H36FN3O4/c2*1-20(33)28(24-9-3-4-11-26(24)36-22-12-13-22)32-16-14-23(19-32)35-17-6-5-8-21-18-27(34-2)25-10-7-15-30-29(25)31-21;2*29-20-9-11-23(25-7-4-16-36-25)24(17-20)26(28(33)34)32-14-12-22(18-32)35-15-2-1-6-21-10-8-19-5-3-13-30-27(19)31-21/h2*3-4,9,11,18,22-23,28H,5-8,10,12-17,19H2,1-2H3,(H,30,31);2*8-11,17,22,25-26H,1-7,12-16,18H2,(H,30,31)(H,33,34)/t23-,28+;23-,28-;22-,25?,26+;22-,25?,26-/m1111/s1. The number of hydrogen-bond donors (Lipinski definition) is 6. The lowest BCUT2D eigenvalue weighted by atomic mass is 9.94. The number of unbranched alkanes of at least 4 members (excludes halogenated alkanes) is 4. The van der Waals surface area contributed by atoms with E-state index in [1.165, 1.54) is 46.5 Å². The van der Waals surface area contributed by atoms with Crippen molar-refractivity contribution in [3.8, 4) is 23.0 Å². The highest BCUT2D eigenvalue weighted by atomic mass is 19.1. The molecule has 0 radical (unpaired) electrons. The molecule has 14 heterocycles. The van der Waals surface area contributed by atoms with E-state index in [0.717, 1.165) is 362 Å². The molecule has 144 heavy (non-hydrogen) atoms. The average molecular weight is 1980 g/mol. The van der Waals surface area contributed by atoms with Crippen molar-refractivity contribution in [2.24, 2.45) is 0 Å². The van der Waals surface area contributed by atoms with Crippen molar-refractivity contribution in [1.29, 1.82) is 0 Å². The molecule has 4 aromatic carbocycles. The first kappa shape index (κ1) is 105. The minimum atomic E-state index is -0.965. The number of carbonyl (C=O) groups excluding carboxylic acids is 2. The Morgan fingerprint density at radius 3 is 1.07 bits per heavy atom. The number of anilines is 4. The summed E-state index contributed by atoms with van der Waals surface area (Å²) in [6.45, 7) is 16.9. The van der Waals surface area contributed by atoms with E-state index in [4.69, 9.17) is 67.3 Å². The zero-order valence-corrected chi connectivity index (χ0v) is 84.8. The number of nitrogens with one attached hydrogen (secondary N) is 4. The Morgan fingerprint density at radius 1 is 0.375 bits per heavy atom. The Morgan fingerprint density at radius 2 is 0.722 bits per heavy atom. The summed E-state index contributed by atoms with van der Waals surface area (Å²) in [7, 11) is 3.48. The Hall–Kier alpha value is -10.4. The van der Waals surface area contributed by atoms with E-state index in [9.17, 15) is 38.2 Å². The Labute approximate surface area is 847 Å². The van der Waals surface area contributed by atoms with Gasteiger partial charge in [-0.25, -0.2) is 28.7 Å². The number of aliphatic carboxylic acids is 2. The summed E-state index contributed by atoms with van der Waals surface area (Å²) < 4.78 is 88.1. The fraction of sp³-hybridized carbons (Fsp3) is 0.579. The van der Waals surface area contributed by atoms with Crippen LogP contribution in [0.4, 0.5) is 32.1 Å². The fourth-order valence-corrected chi connectivity index (χ4v) is 22.2. The largest absolute Gasteiger partial charge is 0.496 e. The highest BCUT2D eigenvalue weighted by Gasteiger charge is 2.42. The van der Waals surface area contributed by atoms with Crippen molar-refractivity contribution in [2.75, 3.05) is 154 Å². The van der Waals surface area contributed by atoms with Crippen LogP contribution in [0, 0.1) is 11.6 Å². The van der Waals surface area contributed by atoms with Gasteiger partial charge in [0.25, 0.3) is 0 Å². The first-order valence-corrected chi connectivity index (χ1v) is 53.7. The van der Waals surface area contributed by atoms with Crippen molar-refractivity contribution in [3.05, 3.63) is 211 Å². The maximum Gasteiger partial charge on any atom is 0.325 e. The zero-order chi connectivity index (χ0) is 99.6. The third-order valence-electron chi connectivity index (χ3n) is 29.8. The normalized spacial score (nSPS) is 21.6. The minimum Gasteiger partial charge on any atom is -0.496 e. The number of aryl methyl sites for hydroxylation is 6. The van der Waals surface area contributed by atoms with Gasteiger partial charge < -0.3 is 78.8 Å². The van der Waals surface area contributed by atoms with E-state index >= 15 is 0 Å². The molecule has 8 aromatic rings. The van der Waals surface area contributed by atoms with Crippen LogP contribution in [0.2, 0.25) is 0 Å². The second-order valence-corrected chi connectivity index (χ2v) is 40.7. The van der Waals surface area contributed by atoms with E-state index in [1.54, 1.807) is 40.2 Å². The van der Waals surface area contributed by atoms with Gasteiger partial charge in [-0.1, -0.05) is 60.7 Å². The van der Waals surface area contributed by atoms with E-state index in [-0.39, 0.29) is 60.3 Å². The Bertz CT molecular complexity index is 5200. The van der Waals surface area contributed by atoms with E-state index in [0.29, 0.717) is 75.9 Å². The quantitative estimate of drug-likeness (QED) is 0.0193. The van der Waals surface area contributed by atoms with Gasteiger partial charge in [0.1, 0.15) is 70.0 Å². The lowest BCUT2D eigenvalue weighted by Gasteiger charge is -2.28. The van der Waals surface area contributed by atoms with Gasteiger partial charge in [0.2, 0.25) is 0 Å². The summed E-state index contributed by atoms with van der Waals surface area (Å²) in [5, 5.41) is 33.8. The van der Waals surface area contributed by atoms with E-state index in [2.05, 4.69) is 67.5 Å². The monoisotopic (exact) mass is 1980 g/mol. The molecule has 4 aromatic heterocycles. The van der Waals surface area contributed by atoms with Gasteiger partial charge in [-0.15, -0.1) is 0 Å². The molecule has 0 amide bonds. The predicted molar refractivity (Wildman–Crippen MR) is 549 cm³/mol. The number of carboxylic acid groups (broad SMARTS) is 2. The van der Waals surface area contributed by atoms with Crippen LogP contribution < -0.4 is 40.2 Å². The number of likely N-dealkylation sites (tertiary alicyclic amines) is 4. The number of methoxy groups -OCH3 is 2. The van der Waals surface area contributed by atoms with Gasteiger partial charge in [-0.05, 0) is 301 Å². The summed E-state index contributed by atoms with van der Waals surface area (Å²) in [6.07, 6.45) is 32.3. The maximum absolute atomic E-state index is 14.2. The number of pyridine rings is 4. The molecular formula is C114H150F2N12O16. The molecule has 2 saturated carbocycles. The number of halogens is 2. The van der Waals surface area contributed by atoms with Crippen molar-refractivity contribution in [2.45, 2.75) is 292 Å². The molecule has 6 saturated heterocycles. The summed E-state index contributed by atoms with van der Waals surface area (Å²) in [5.41, 5.74) is 13.9. The number of rotatable bonds is 44. The molecule has 10 aliphatic heterocycles. The number of fused-ring (bicyclic) bond motifs is 4. The molecule has 0 spiro atoms. The molecule has 776 valence electrons. The van der Waals surface area contributed by atoms with Gasteiger partial charge >= 0.3 is 11.9 Å². The average Bonchev–Trinajstić information content (AvgIpc) is 1.57. The summed E-state index contributed by atoms with van der Waals surface area (Å²) in [6, 6.07) is 35.4. The highest BCUT2D eigenvalue weighted by molar-refractivity contribution is 5.85. The van der Waals surface area contributed by atoms with Crippen molar-refractivity contribution in [3.63, 3.8) is 0 Å². The van der Waals surface area contributed by atoms with Crippen molar-refractivity contribution < 1.29 is 85.5 Å². The molecule has 0 bridgehead atoms. The number of carboxylic acids is 2. The van der Waals surface area contributed by atoms with Gasteiger partial charge in [-0.2, -0.15) is 0 Å². The zero-order valence-electron chi connectivity index (χ0n) is 84.8. The van der Waals surface area contributed by atoms with Crippen LogP contribution >= 0.6 is 0 Å². The SMILES string of the molecule is COc1cc(CCCCO[C@@H]2CCN([C@@H](C(C)=O)c3ccccc3OC3CC3)C2)nc2c1CCCN2.COc1cc(CCCCO[C@@H]2CCN([C@H](C(C)=O)c3ccccc3OC3CC3)C2)nc2c1CCCN2.O=C(O)[C@@H](c1cc(F)ccc1C1CCCO1)N1CC[C@@H](OCCCCc2ccc3c(n2)NCCC3)C1.O=C(O)[C@H](c1cc(F)ccc1C1CCCO1)N1CC[C@@H](OCCCCc2ccc3c(n2)NCCC3)C1. The number of ketones is 2. The van der Waals surface area contributed by atoms with Crippen LogP contribution in [-0.2, 0) is 99.0 Å². The minimum absolute atomic E-state index is 0.0161. The second kappa shape index (κ2) is 52.3. The molecule has 10 atom stereocenters. The third-order valence-corrected chi connectivity index (χ3v) is 29.8. The fourth-order valence-electron chi connectivity index (χ4n) is 22.2. The predicted octanol–water partition coefficient (Wildman–Crippen LogP) is 18.8. The van der Waals surface area contributed by atoms with Gasteiger partial charge in [0.05, 0.1) is 75.1 Å². The molecular weight excluding hydrogens is 1830 g/mol. The molecule has 2 aliphatic carbocycles. The first-order chi connectivity index (χ1) is 70.4.